The number of aryl methyl sites for hydroxylation is 1. The third kappa shape index (κ3) is 3.76. The number of amides is 1. The van der Waals surface area contributed by atoms with E-state index in [1.807, 2.05) is 25.1 Å². The summed E-state index contributed by atoms with van der Waals surface area (Å²) in [5.41, 5.74) is 5.17. The molecule has 1 aliphatic rings. The number of carbonyl (C=O) groups is 1. The molecule has 1 amide bonds. The first kappa shape index (κ1) is 15.8. The van der Waals surface area contributed by atoms with E-state index >= 15 is 0 Å². The van der Waals surface area contributed by atoms with Crippen molar-refractivity contribution in [2.75, 3.05) is 5.43 Å². The smallest absolute Gasteiger partial charge is 0.251 e. The molecule has 0 saturated heterocycles. The Morgan fingerprint density at radius 1 is 1.29 bits per heavy atom. The summed E-state index contributed by atoms with van der Waals surface area (Å²) in [6.07, 6.45) is 4.81. The minimum atomic E-state index is 0.0271. The number of carbonyl (C=O) groups excluding carboxylic acids is 1. The first-order chi connectivity index (χ1) is 10.0. The Morgan fingerprint density at radius 2 is 2.00 bits per heavy atom. The Balaban J connectivity index is 2.07. The standard InChI is InChI=1S/C17H27N3O/c1-11(2)14-6-4-5-7-16(14)19-17(21)13-8-9-15(20-18)12(3)10-13/h8-11,14,16,20H,4-7,18H2,1-3H3,(H,19,21). The van der Waals surface area contributed by atoms with Gasteiger partial charge in [0.05, 0.1) is 5.69 Å². The van der Waals surface area contributed by atoms with E-state index in [4.69, 9.17) is 5.84 Å². The van der Waals surface area contributed by atoms with Gasteiger partial charge < -0.3 is 10.7 Å². The van der Waals surface area contributed by atoms with E-state index < -0.39 is 0 Å². The zero-order chi connectivity index (χ0) is 15.4. The highest BCUT2D eigenvalue weighted by Crippen LogP contribution is 2.30. The second kappa shape index (κ2) is 6.94. The number of nitrogens with one attached hydrogen (secondary N) is 2. The van der Waals surface area contributed by atoms with Gasteiger partial charge in [-0.2, -0.15) is 0 Å². The average molecular weight is 289 g/mol. The van der Waals surface area contributed by atoms with Crippen LogP contribution >= 0.6 is 0 Å². The van der Waals surface area contributed by atoms with Crippen molar-refractivity contribution in [3.63, 3.8) is 0 Å². The monoisotopic (exact) mass is 289 g/mol. The number of benzene rings is 1. The predicted octanol–water partition coefficient (Wildman–Crippen LogP) is 3.23. The van der Waals surface area contributed by atoms with E-state index in [0.29, 0.717) is 23.4 Å². The van der Waals surface area contributed by atoms with Crippen LogP contribution in [0.2, 0.25) is 0 Å². The molecule has 0 radical (unpaired) electrons. The van der Waals surface area contributed by atoms with Crippen molar-refractivity contribution < 1.29 is 4.79 Å². The minimum absolute atomic E-state index is 0.0271. The van der Waals surface area contributed by atoms with E-state index in [-0.39, 0.29) is 5.91 Å². The van der Waals surface area contributed by atoms with Gasteiger partial charge in [-0.25, -0.2) is 0 Å². The second-order valence-corrected chi connectivity index (χ2v) is 6.45. The highest BCUT2D eigenvalue weighted by atomic mass is 16.1. The van der Waals surface area contributed by atoms with Gasteiger partial charge in [-0.3, -0.25) is 10.6 Å². The van der Waals surface area contributed by atoms with Crippen LogP contribution < -0.4 is 16.6 Å². The van der Waals surface area contributed by atoms with Crippen LogP contribution in [0.3, 0.4) is 0 Å². The molecule has 0 bridgehead atoms. The molecule has 2 unspecified atom stereocenters. The fourth-order valence-corrected chi connectivity index (χ4v) is 3.36. The first-order valence-corrected chi connectivity index (χ1v) is 7.91. The molecule has 1 saturated carbocycles. The summed E-state index contributed by atoms with van der Waals surface area (Å²) in [7, 11) is 0. The van der Waals surface area contributed by atoms with Crippen LogP contribution in [-0.4, -0.2) is 11.9 Å². The fourth-order valence-electron chi connectivity index (χ4n) is 3.36. The van der Waals surface area contributed by atoms with Gasteiger partial charge >= 0.3 is 0 Å². The first-order valence-electron chi connectivity index (χ1n) is 7.91. The summed E-state index contributed by atoms with van der Waals surface area (Å²) in [6.45, 7) is 6.45. The van der Waals surface area contributed by atoms with Crippen LogP contribution in [0.1, 0.15) is 55.5 Å². The van der Waals surface area contributed by atoms with E-state index in [0.717, 1.165) is 17.7 Å². The summed E-state index contributed by atoms with van der Waals surface area (Å²) in [5, 5.41) is 3.24. The predicted molar refractivity (Wildman–Crippen MR) is 87.0 cm³/mol. The van der Waals surface area contributed by atoms with Crippen molar-refractivity contribution in [3.05, 3.63) is 29.3 Å². The van der Waals surface area contributed by atoms with Gasteiger partial charge in [0.25, 0.3) is 5.91 Å². The summed E-state index contributed by atoms with van der Waals surface area (Å²) in [5.74, 6) is 6.66. The van der Waals surface area contributed by atoms with Crippen molar-refractivity contribution in [2.24, 2.45) is 17.7 Å². The molecule has 0 heterocycles. The van der Waals surface area contributed by atoms with E-state index in [9.17, 15) is 4.79 Å². The number of rotatable bonds is 4. The molecule has 4 heteroatoms. The summed E-state index contributed by atoms with van der Waals surface area (Å²) < 4.78 is 0. The molecule has 4 nitrogen and oxygen atoms in total. The molecule has 1 aromatic carbocycles. The largest absolute Gasteiger partial charge is 0.349 e. The third-order valence-corrected chi connectivity index (χ3v) is 4.64. The van der Waals surface area contributed by atoms with E-state index in [2.05, 4.69) is 24.6 Å². The number of anilines is 1. The molecule has 2 atom stereocenters. The van der Waals surface area contributed by atoms with Crippen LogP contribution in [0.25, 0.3) is 0 Å². The van der Waals surface area contributed by atoms with Gasteiger partial charge in [-0.15, -0.1) is 0 Å². The second-order valence-electron chi connectivity index (χ2n) is 6.45. The Bertz CT molecular complexity index is 499. The van der Waals surface area contributed by atoms with Gasteiger partial charge in [0.2, 0.25) is 0 Å². The zero-order valence-electron chi connectivity index (χ0n) is 13.3. The SMILES string of the molecule is Cc1cc(C(=O)NC2CCCCC2C(C)C)ccc1NN. The zero-order valence-corrected chi connectivity index (χ0v) is 13.3. The van der Waals surface area contributed by atoms with Gasteiger partial charge in [0.1, 0.15) is 0 Å². The average Bonchev–Trinajstić information content (AvgIpc) is 2.47. The number of hydrogen-bond acceptors (Lipinski definition) is 3. The molecule has 0 aliphatic heterocycles. The van der Waals surface area contributed by atoms with E-state index in [1.165, 1.54) is 19.3 Å². The molecule has 0 spiro atoms. The minimum Gasteiger partial charge on any atom is -0.349 e. The maximum Gasteiger partial charge on any atom is 0.251 e. The summed E-state index contributed by atoms with van der Waals surface area (Å²) in [4.78, 5) is 12.5. The van der Waals surface area contributed by atoms with Crippen LogP contribution in [0.15, 0.2) is 18.2 Å². The summed E-state index contributed by atoms with van der Waals surface area (Å²) >= 11 is 0. The number of nitrogen functional groups attached to an aromatic ring is 1. The lowest BCUT2D eigenvalue weighted by atomic mass is 9.78. The number of hydrazine groups is 1. The van der Waals surface area contributed by atoms with E-state index in [1.54, 1.807) is 0 Å². The molecule has 0 aromatic heterocycles. The fraction of sp³-hybridized carbons (Fsp3) is 0.588. The molecular formula is C17H27N3O. The number of nitrogens with two attached hydrogens (primary N) is 1. The van der Waals surface area contributed by atoms with Crippen LogP contribution in [0.5, 0.6) is 0 Å². The molecule has 1 aliphatic carbocycles. The molecule has 4 N–H and O–H groups in total. The van der Waals surface area contributed by atoms with Crippen LogP contribution in [0, 0.1) is 18.8 Å². The molecule has 1 fully saturated rings. The quantitative estimate of drug-likeness (QED) is 0.589. The maximum atomic E-state index is 12.5. The van der Waals surface area contributed by atoms with Crippen molar-refractivity contribution >= 4 is 11.6 Å². The van der Waals surface area contributed by atoms with Gasteiger partial charge in [-0.1, -0.05) is 26.7 Å². The van der Waals surface area contributed by atoms with Gasteiger partial charge in [0, 0.05) is 11.6 Å². The molecule has 2 rings (SSSR count). The maximum absolute atomic E-state index is 12.5. The Hall–Kier alpha value is -1.55. The Morgan fingerprint density at radius 3 is 2.62 bits per heavy atom. The van der Waals surface area contributed by atoms with Crippen LogP contribution in [-0.2, 0) is 0 Å². The lowest BCUT2D eigenvalue weighted by Gasteiger charge is -2.35. The van der Waals surface area contributed by atoms with Gasteiger partial charge in [0.15, 0.2) is 0 Å². The van der Waals surface area contributed by atoms with Crippen molar-refractivity contribution in [1.82, 2.24) is 5.32 Å². The van der Waals surface area contributed by atoms with Gasteiger partial charge in [-0.05, 0) is 55.4 Å². The van der Waals surface area contributed by atoms with Crippen LogP contribution in [0.4, 0.5) is 5.69 Å². The molecule has 116 valence electrons. The van der Waals surface area contributed by atoms with Crippen molar-refractivity contribution in [1.29, 1.82) is 0 Å². The Labute approximate surface area is 127 Å². The lowest BCUT2D eigenvalue weighted by molar-refractivity contribution is 0.0889. The lowest BCUT2D eigenvalue weighted by Crippen LogP contribution is -2.43. The summed E-state index contributed by atoms with van der Waals surface area (Å²) in [6, 6.07) is 5.87. The highest BCUT2D eigenvalue weighted by Gasteiger charge is 2.28. The number of hydrogen-bond donors (Lipinski definition) is 3. The Kier molecular flexibility index (Phi) is 5.23. The molecular weight excluding hydrogens is 262 g/mol. The third-order valence-electron chi connectivity index (χ3n) is 4.64. The molecule has 21 heavy (non-hydrogen) atoms. The normalized spacial score (nSPS) is 22.1. The topological polar surface area (TPSA) is 67.2 Å². The highest BCUT2D eigenvalue weighted by molar-refractivity contribution is 5.95. The molecule has 1 aromatic rings. The van der Waals surface area contributed by atoms with Crippen molar-refractivity contribution in [3.8, 4) is 0 Å². The van der Waals surface area contributed by atoms with Crippen molar-refractivity contribution in [2.45, 2.75) is 52.5 Å².